The summed E-state index contributed by atoms with van der Waals surface area (Å²) in [5.74, 6) is -3.45. The number of nitrogens with two attached hydrogens (primary N) is 1. The van der Waals surface area contributed by atoms with Crippen LogP contribution in [0.4, 0.5) is 18.9 Å². The lowest BCUT2D eigenvalue weighted by Crippen LogP contribution is -2.40. The number of nitro groups is 1. The molecule has 1 aromatic rings. The summed E-state index contributed by atoms with van der Waals surface area (Å²) in [4.78, 5) is 10.1. The zero-order valence-corrected chi connectivity index (χ0v) is 10.8. The third kappa shape index (κ3) is 3.97. The van der Waals surface area contributed by atoms with Gasteiger partial charge in [-0.15, -0.1) is 0 Å². The van der Waals surface area contributed by atoms with Crippen LogP contribution in [0.15, 0.2) is 23.4 Å². The van der Waals surface area contributed by atoms with E-state index < -0.39 is 29.5 Å². The number of benzene rings is 1. The topological polar surface area (TPSA) is 111 Å². The van der Waals surface area contributed by atoms with E-state index in [4.69, 9.17) is 15.7 Å². The summed E-state index contributed by atoms with van der Waals surface area (Å²) in [5.41, 5.74) is 4.78. The van der Waals surface area contributed by atoms with Gasteiger partial charge in [0.15, 0.2) is 5.84 Å². The largest absolute Gasteiger partial charge is 0.492 e. The van der Waals surface area contributed by atoms with E-state index in [1.807, 2.05) is 0 Å². The van der Waals surface area contributed by atoms with Crippen molar-refractivity contribution in [3.8, 4) is 5.75 Å². The summed E-state index contributed by atoms with van der Waals surface area (Å²) in [6.07, 6.45) is -4.77. The van der Waals surface area contributed by atoms with Crippen molar-refractivity contribution in [3.63, 3.8) is 0 Å². The van der Waals surface area contributed by atoms with Crippen molar-refractivity contribution >= 4 is 11.5 Å². The van der Waals surface area contributed by atoms with Crippen molar-refractivity contribution in [2.45, 2.75) is 13.1 Å². The molecule has 0 aliphatic carbocycles. The number of alkyl halides is 3. The van der Waals surface area contributed by atoms with Crippen LogP contribution in [0.5, 0.6) is 5.75 Å². The fourth-order valence-electron chi connectivity index (χ4n) is 1.55. The Kier molecular flexibility index (Phi) is 4.95. The number of ether oxygens (including phenoxy) is 1. The summed E-state index contributed by atoms with van der Waals surface area (Å²) < 4.78 is 43.1. The van der Waals surface area contributed by atoms with Crippen molar-refractivity contribution in [2.24, 2.45) is 16.8 Å². The zero-order chi connectivity index (χ0) is 16.2. The van der Waals surface area contributed by atoms with E-state index in [1.165, 1.54) is 25.1 Å². The van der Waals surface area contributed by atoms with Crippen molar-refractivity contribution in [1.29, 1.82) is 0 Å². The summed E-state index contributed by atoms with van der Waals surface area (Å²) in [6, 6.07) is 3.78. The molecule has 0 spiro atoms. The number of hydrogen-bond donors (Lipinski definition) is 2. The first kappa shape index (κ1) is 16.5. The van der Waals surface area contributed by atoms with Crippen molar-refractivity contribution in [1.82, 2.24) is 0 Å². The van der Waals surface area contributed by atoms with Crippen LogP contribution in [0.2, 0.25) is 0 Å². The normalized spacial score (nSPS) is 13.8. The standard InChI is InChI=1S/C11H12F3N3O4/c1-6-8(17(19)20)3-2-4-9(6)21-5-7(10(15)16-18)11(12,13)14/h2-4,7,18H,5H2,1H3,(H2,15,16). The third-order valence-corrected chi connectivity index (χ3v) is 2.73. The number of rotatable bonds is 5. The highest BCUT2D eigenvalue weighted by molar-refractivity contribution is 5.83. The minimum absolute atomic E-state index is 0.0795. The van der Waals surface area contributed by atoms with Crippen LogP contribution < -0.4 is 10.5 Å². The first-order valence-electron chi connectivity index (χ1n) is 5.59. The summed E-state index contributed by atoms with van der Waals surface area (Å²) in [7, 11) is 0. The molecule has 116 valence electrons. The predicted octanol–water partition coefficient (Wildman–Crippen LogP) is 2.21. The summed E-state index contributed by atoms with van der Waals surface area (Å²) >= 11 is 0. The number of halogens is 3. The van der Waals surface area contributed by atoms with Crippen LogP contribution in [-0.2, 0) is 0 Å². The summed E-state index contributed by atoms with van der Waals surface area (Å²) in [5, 5.41) is 21.4. The molecule has 0 aliphatic heterocycles. The van der Waals surface area contributed by atoms with Gasteiger partial charge in [0.05, 0.1) is 10.5 Å². The van der Waals surface area contributed by atoms with Crippen LogP contribution in [0.3, 0.4) is 0 Å². The predicted molar refractivity (Wildman–Crippen MR) is 66.3 cm³/mol. The molecule has 1 aromatic carbocycles. The Morgan fingerprint density at radius 3 is 2.67 bits per heavy atom. The van der Waals surface area contributed by atoms with Gasteiger partial charge in [0.25, 0.3) is 5.69 Å². The van der Waals surface area contributed by atoms with E-state index in [-0.39, 0.29) is 17.0 Å². The van der Waals surface area contributed by atoms with Gasteiger partial charge in [0.1, 0.15) is 18.3 Å². The van der Waals surface area contributed by atoms with Gasteiger partial charge < -0.3 is 15.7 Å². The van der Waals surface area contributed by atoms with E-state index in [0.29, 0.717) is 0 Å². The second kappa shape index (κ2) is 6.29. The average Bonchev–Trinajstić information content (AvgIpc) is 2.38. The number of nitrogens with zero attached hydrogens (tertiary/aromatic N) is 2. The van der Waals surface area contributed by atoms with Gasteiger partial charge in [-0.2, -0.15) is 13.2 Å². The minimum atomic E-state index is -4.77. The van der Waals surface area contributed by atoms with Crippen LogP contribution in [-0.4, -0.2) is 28.7 Å². The maximum atomic E-state index is 12.7. The number of hydrogen-bond acceptors (Lipinski definition) is 5. The molecule has 0 radical (unpaired) electrons. The quantitative estimate of drug-likeness (QED) is 0.285. The molecule has 0 aliphatic rings. The molecule has 7 nitrogen and oxygen atoms in total. The Morgan fingerprint density at radius 2 is 2.19 bits per heavy atom. The van der Waals surface area contributed by atoms with E-state index in [9.17, 15) is 23.3 Å². The smallest absolute Gasteiger partial charge is 0.402 e. The molecule has 0 amide bonds. The highest BCUT2D eigenvalue weighted by Gasteiger charge is 2.43. The van der Waals surface area contributed by atoms with Crippen LogP contribution in [0, 0.1) is 23.0 Å². The fourth-order valence-corrected chi connectivity index (χ4v) is 1.55. The molecule has 0 bridgehead atoms. The molecule has 0 saturated carbocycles. The molecule has 0 saturated heterocycles. The molecule has 1 unspecified atom stereocenters. The molecule has 0 aromatic heterocycles. The lowest BCUT2D eigenvalue weighted by atomic mass is 10.1. The van der Waals surface area contributed by atoms with Gasteiger partial charge in [-0.05, 0) is 13.0 Å². The maximum absolute atomic E-state index is 12.7. The van der Waals surface area contributed by atoms with Crippen LogP contribution >= 0.6 is 0 Å². The van der Waals surface area contributed by atoms with E-state index >= 15 is 0 Å². The number of amidine groups is 1. The highest BCUT2D eigenvalue weighted by atomic mass is 19.4. The van der Waals surface area contributed by atoms with Gasteiger partial charge in [0.2, 0.25) is 0 Å². The van der Waals surface area contributed by atoms with Crippen LogP contribution in [0.25, 0.3) is 0 Å². The summed E-state index contributed by atoms with van der Waals surface area (Å²) in [6.45, 7) is 0.390. The van der Waals surface area contributed by atoms with E-state index in [2.05, 4.69) is 5.16 Å². The lowest BCUT2D eigenvalue weighted by molar-refractivity contribution is -0.385. The first-order valence-corrected chi connectivity index (χ1v) is 5.59. The third-order valence-electron chi connectivity index (χ3n) is 2.73. The average molecular weight is 307 g/mol. The molecule has 10 heteroatoms. The second-order valence-electron chi connectivity index (χ2n) is 4.09. The Labute approximate surface area is 117 Å². The molecular formula is C11H12F3N3O4. The molecule has 0 fully saturated rings. The maximum Gasteiger partial charge on any atom is 0.402 e. The SMILES string of the molecule is Cc1c(OCC(/C(N)=N/O)C(F)(F)F)cccc1[N+](=O)[O-]. The second-order valence-corrected chi connectivity index (χ2v) is 4.09. The molecule has 1 atom stereocenters. The molecule has 3 N–H and O–H groups in total. The Morgan fingerprint density at radius 1 is 1.57 bits per heavy atom. The number of oxime groups is 1. The van der Waals surface area contributed by atoms with Crippen molar-refractivity contribution in [3.05, 3.63) is 33.9 Å². The van der Waals surface area contributed by atoms with Gasteiger partial charge >= 0.3 is 6.18 Å². The van der Waals surface area contributed by atoms with Gasteiger partial charge in [-0.3, -0.25) is 10.1 Å². The minimum Gasteiger partial charge on any atom is -0.492 e. The number of nitro benzene ring substituents is 1. The Bertz CT molecular complexity index is 560. The molecular weight excluding hydrogens is 295 g/mol. The lowest BCUT2D eigenvalue weighted by Gasteiger charge is -2.19. The Balaban J connectivity index is 2.97. The monoisotopic (exact) mass is 307 g/mol. The fraction of sp³-hybridized carbons (Fsp3) is 0.364. The van der Waals surface area contributed by atoms with Gasteiger partial charge in [0, 0.05) is 6.07 Å². The van der Waals surface area contributed by atoms with Crippen LogP contribution in [0.1, 0.15) is 5.56 Å². The van der Waals surface area contributed by atoms with Gasteiger partial charge in [-0.25, -0.2) is 0 Å². The first-order chi connectivity index (χ1) is 9.68. The van der Waals surface area contributed by atoms with Crippen molar-refractivity contribution in [2.75, 3.05) is 6.61 Å². The van der Waals surface area contributed by atoms with E-state index in [1.54, 1.807) is 0 Å². The zero-order valence-electron chi connectivity index (χ0n) is 10.8. The molecule has 0 heterocycles. The molecule has 1 rings (SSSR count). The highest BCUT2D eigenvalue weighted by Crippen LogP contribution is 2.30. The van der Waals surface area contributed by atoms with E-state index in [0.717, 1.165) is 0 Å². The Hall–Kier alpha value is -2.52. The van der Waals surface area contributed by atoms with Gasteiger partial charge in [-0.1, -0.05) is 11.2 Å². The van der Waals surface area contributed by atoms with Crippen molar-refractivity contribution < 1.29 is 28.0 Å². The molecule has 21 heavy (non-hydrogen) atoms.